The number of nitrogens with zero attached hydrogens (tertiary/aromatic N) is 1. The number of amides is 2. The molecule has 34 heavy (non-hydrogen) atoms. The number of ether oxygens (including phenoxy) is 3. The maximum absolute atomic E-state index is 12.5. The molecule has 0 aliphatic carbocycles. The van der Waals surface area contributed by atoms with E-state index in [1.54, 1.807) is 14.2 Å². The fourth-order valence-corrected chi connectivity index (χ4v) is 5.71. The first-order chi connectivity index (χ1) is 16.3. The molecule has 5 atom stereocenters. The predicted molar refractivity (Wildman–Crippen MR) is 126 cm³/mol. The molecule has 1 aromatic carbocycles. The van der Waals surface area contributed by atoms with Crippen molar-refractivity contribution >= 4 is 12.0 Å². The fraction of sp³-hybridized carbons (Fsp3) is 0.680. The molecule has 3 aliphatic heterocycles. The van der Waals surface area contributed by atoms with Crippen molar-refractivity contribution in [2.75, 3.05) is 33.9 Å². The number of hydrogen-bond donors (Lipinski definition) is 3. The number of piperidine rings is 1. The Labute approximate surface area is 201 Å². The molecule has 0 bridgehead atoms. The van der Waals surface area contributed by atoms with Gasteiger partial charge in [-0.3, -0.25) is 9.69 Å². The zero-order valence-corrected chi connectivity index (χ0v) is 20.5. The summed E-state index contributed by atoms with van der Waals surface area (Å²) in [7, 11) is 3.32. The number of rotatable bonds is 8. The van der Waals surface area contributed by atoms with E-state index in [0.717, 1.165) is 43.9 Å². The van der Waals surface area contributed by atoms with E-state index in [0.29, 0.717) is 18.4 Å². The number of aliphatic hydroxyl groups is 1. The lowest BCUT2D eigenvalue weighted by Crippen LogP contribution is -2.47. The predicted octanol–water partition coefficient (Wildman–Crippen LogP) is 2.22. The van der Waals surface area contributed by atoms with Crippen LogP contribution in [0, 0.1) is 17.8 Å². The third kappa shape index (κ3) is 5.25. The maximum Gasteiger partial charge on any atom is 0.317 e. The molecule has 0 radical (unpaired) electrons. The molecule has 1 aromatic rings. The Kier molecular flexibility index (Phi) is 7.52. The molecular weight excluding hydrogens is 438 g/mol. The molecular formula is C25H37N3O6. The van der Waals surface area contributed by atoms with E-state index in [2.05, 4.69) is 41.5 Å². The Morgan fingerprint density at radius 1 is 1.18 bits per heavy atom. The molecule has 0 spiro atoms. The summed E-state index contributed by atoms with van der Waals surface area (Å²) in [6.45, 7) is 6.78. The summed E-state index contributed by atoms with van der Waals surface area (Å²) in [6.07, 6.45) is 1.81. The molecule has 3 N–H and O–H groups in total. The lowest BCUT2D eigenvalue weighted by molar-refractivity contribution is -0.148. The minimum absolute atomic E-state index is 0.0587. The first-order valence-corrected chi connectivity index (χ1v) is 12.2. The van der Waals surface area contributed by atoms with E-state index in [9.17, 15) is 14.7 Å². The van der Waals surface area contributed by atoms with Crippen molar-refractivity contribution in [1.29, 1.82) is 0 Å². The van der Waals surface area contributed by atoms with Crippen molar-refractivity contribution in [2.45, 2.75) is 57.8 Å². The number of carbonyl (C=O) groups is 2. The van der Waals surface area contributed by atoms with Crippen molar-refractivity contribution in [3.05, 3.63) is 23.3 Å². The summed E-state index contributed by atoms with van der Waals surface area (Å²) in [5.41, 5.74) is 2.56. The molecule has 4 unspecified atom stereocenters. The summed E-state index contributed by atoms with van der Waals surface area (Å²) in [5, 5.41) is 14.7. The van der Waals surface area contributed by atoms with Crippen LogP contribution in [-0.4, -0.2) is 68.2 Å². The Bertz CT molecular complexity index is 907. The minimum atomic E-state index is -1.08. The number of benzene rings is 1. The molecule has 188 valence electrons. The van der Waals surface area contributed by atoms with Crippen molar-refractivity contribution in [1.82, 2.24) is 15.5 Å². The monoisotopic (exact) mass is 475 g/mol. The molecule has 0 aromatic heterocycles. The Hall–Kier alpha value is -2.52. The number of urea groups is 1. The smallest absolute Gasteiger partial charge is 0.317 e. The molecule has 9 nitrogen and oxygen atoms in total. The minimum Gasteiger partial charge on any atom is -0.493 e. The van der Waals surface area contributed by atoms with E-state index >= 15 is 0 Å². The second-order valence-electron chi connectivity index (χ2n) is 10.1. The van der Waals surface area contributed by atoms with Crippen LogP contribution in [-0.2, 0) is 16.0 Å². The highest BCUT2D eigenvalue weighted by atomic mass is 16.5. The van der Waals surface area contributed by atoms with Crippen LogP contribution in [0.1, 0.15) is 50.3 Å². The van der Waals surface area contributed by atoms with E-state index in [-0.39, 0.29) is 18.4 Å². The summed E-state index contributed by atoms with van der Waals surface area (Å²) >= 11 is 0. The summed E-state index contributed by atoms with van der Waals surface area (Å²) in [6, 6.07) is 3.30. The normalized spacial score (nSPS) is 28.5. The Morgan fingerprint density at radius 3 is 2.56 bits per heavy atom. The highest BCUT2D eigenvalue weighted by Crippen LogP contribution is 2.45. The average Bonchev–Trinajstić information content (AvgIpc) is 3.12. The summed E-state index contributed by atoms with van der Waals surface area (Å²) in [5.74, 6) is 2.30. The van der Waals surface area contributed by atoms with Gasteiger partial charge < -0.3 is 30.0 Å². The van der Waals surface area contributed by atoms with Gasteiger partial charge in [0, 0.05) is 19.1 Å². The molecule has 9 heteroatoms. The van der Waals surface area contributed by atoms with Gasteiger partial charge in [-0.1, -0.05) is 13.8 Å². The molecule has 2 fully saturated rings. The Morgan fingerprint density at radius 2 is 1.91 bits per heavy atom. The van der Waals surface area contributed by atoms with E-state index in [1.165, 1.54) is 11.1 Å². The molecule has 3 aliphatic rings. The van der Waals surface area contributed by atoms with Gasteiger partial charge in [0.25, 0.3) is 0 Å². The Balaban J connectivity index is 1.47. The van der Waals surface area contributed by atoms with Gasteiger partial charge in [-0.2, -0.15) is 0 Å². The van der Waals surface area contributed by atoms with Crippen LogP contribution in [0.5, 0.6) is 11.5 Å². The van der Waals surface area contributed by atoms with Gasteiger partial charge in [-0.15, -0.1) is 0 Å². The van der Waals surface area contributed by atoms with E-state index in [4.69, 9.17) is 14.2 Å². The van der Waals surface area contributed by atoms with Crippen LogP contribution in [0.3, 0.4) is 0 Å². The SMILES string of the molecule is COc1cc2c(cc1OC)C1CC(COC(=O)C[C@H]3NC(=O)NC3O)C(CC(C)C)CN1CC2. The first-order valence-electron chi connectivity index (χ1n) is 12.2. The maximum atomic E-state index is 12.5. The van der Waals surface area contributed by atoms with Gasteiger partial charge >= 0.3 is 12.0 Å². The second-order valence-corrected chi connectivity index (χ2v) is 10.1. The highest BCUT2D eigenvalue weighted by molar-refractivity contribution is 5.79. The number of nitrogens with one attached hydrogen (secondary N) is 2. The van der Waals surface area contributed by atoms with Crippen molar-refractivity contribution in [2.24, 2.45) is 17.8 Å². The number of methoxy groups -OCH3 is 2. The molecule has 2 amide bonds. The van der Waals surface area contributed by atoms with Gasteiger partial charge in [0.1, 0.15) is 6.23 Å². The standard InChI is InChI=1S/C25H37N3O6/c1-14(2)7-16-12-28-6-5-15-9-21(32-3)22(33-4)10-18(15)20(28)8-17(16)13-34-23(29)11-19-24(30)27-25(31)26-19/h9-10,14,16-17,19-20,24,30H,5-8,11-13H2,1-4H3,(H2,26,27,31)/t16?,17?,19-,20?,24?/m1/s1. The molecule has 3 heterocycles. The van der Waals surface area contributed by atoms with Gasteiger partial charge in [-0.05, 0) is 60.3 Å². The number of aliphatic hydroxyl groups excluding tert-OH is 1. The van der Waals surface area contributed by atoms with E-state index in [1.807, 2.05) is 0 Å². The molecule has 0 saturated carbocycles. The van der Waals surface area contributed by atoms with Crippen LogP contribution in [0.25, 0.3) is 0 Å². The van der Waals surface area contributed by atoms with Gasteiger partial charge in [0.15, 0.2) is 11.5 Å². The third-order valence-electron chi connectivity index (χ3n) is 7.37. The van der Waals surface area contributed by atoms with Crippen molar-refractivity contribution < 1.29 is 28.9 Å². The lowest BCUT2D eigenvalue weighted by atomic mass is 9.74. The van der Waals surface area contributed by atoms with E-state index < -0.39 is 24.3 Å². The topological polar surface area (TPSA) is 109 Å². The number of esters is 1. The zero-order valence-electron chi connectivity index (χ0n) is 20.5. The van der Waals surface area contributed by atoms with Crippen molar-refractivity contribution in [3.63, 3.8) is 0 Å². The van der Waals surface area contributed by atoms with Gasteiger partial charge in [0.2, 0.25) is 0 Å². The number of fused-ring (bicyclic) bond motifs is 3. The van der Waals surface area contributed by atoms with Gasteiger partial charge in [-0.25, -0.2) is 4.79 Å². The average molecular weight is 476 g/mol. The fourth-order valence-electron chi connectivity index (χ4n) is 5.71. The first kappa shape index (κ1) is 24.6. The quantitative estimate of drug-likeness (QED) is 0.495. The van der Waals surface area contributed by atoms with Crippen LogP contribution in [0.4, 0.5) is 4.79 Å². The van der Waals surface area contributed by atoms with Crippen LogP contribution >= 0.6 is 0 Å². The van der Waals surface area contributed by atoms with Crippen LogP contribution in [0.2, 0.25) is 0 Å². The van der Waals surface area contributed by atoms with Gasteiger partial charge in [0.05, 0.1) is 33.3 Å². The van der Waals surface area contributed by atoms with Crippen LogP contribution in [0.15, 0.2) is 12.1 Å². The largest absolute Gasteiger partial charge is 0.493 e. The zero-order chi connectivity index (χ0) is 24.4. The lowest BCUT2D eigenvalue weighted by Gasteiger charge is -2.47. The second kappa shape index (κ2) is 10.4. The summed E-state index contributed by atoms with van der Waals surface area (Å²) < 4.78 is 16.8. The third-order valence-corrected chi connectivity index (χ3v) is 7.37. The van der Waals surface area contributed by atoms with Crippen LogP contribution < -0.4 is 20.1 Å². The highest BCUT2D eigenvalue weighted by Gasteiger charge is 2.40. The summed E-state index contributed by atoms with van der Waals surface area (Å²) in [4.78, 5) is 26.4. The number of carbonyl (C=O) groups excluding carboxylic acids is 2. The van der Waals surface area contributed by atoms with Crippen molar-refractivity contribution in [3.8, 4) is 11.5 Å². The number of hydrogen-bond acceptors (Lipinski definition) is 7. The molecule has 4 rings (SSSR count). The molecule has 2 saturated heterocycles.